The molecular formula is C40H58N6O6. The number of aromatic nitrogens is 2. The van der Waals surface area contributed by atoms with Gasteiger partial charge in [-0.3, -0.25) is 29.0 Å². The van der Waals surface area contributed by atoms with Crippen molar-refractivity contribution >= 4 is 24.0 Å². The molecule has 0 aliphatic carbocycles. The molecule has 0 saturated carbocycles. The van der Waals surface area contributed by atoms with Crippen LogP contribution in [0.25, 0.3) is 12.2 Å². The Labute approximate surface area is 307 Å². The fourth-order valence-corrected chi connectivity index (χ4v) is 9.38. The number of carbonyl (C=O) groups is 2. The molecule has 6 heterocycles. The van der Waals surface area contributed by atoms with Crippen molar-refractivity contribution < 1.29 is 19.8 Å². The predicted molar refractivity (Wildman–Crippen MR) is 203 cm³/mol. The van der Waals surface area contributed by atoms with Crippen LogP contribution in [0.3, 0.4) is 0 Å². The van der Waals surface area contributed by atoms with Crippen LogP contribution in [0.1, 0.15) is 75.1 Å². The molecule has 12 heteroatoms. The van der Waals surface area contributed by atoms with Gasteiger partial charge in [0.1, 0.15) is 0 Å². The summed E-state index contributed by atoms with van der Waals surface area (Å²) in [5.41, 5.74) is 3.32. The first-order valence-corrected chi connectivity index (χ1v) is 18.8. The van der Waals surface area contributed by atoms with Crippen LogP contribution >= 0.6 is 0 Å². The average Bonchev–Trinajstić information content (AvgIpc) is 3.85. The maximum atomic E-state index is 12.8. The van der Waals surface area contributed by atoms with E-state index in [1.165, 1.54) is 0 Å². The number of fused-ring (bicyclic) bond motifs is 6. The Morgan fingerprint density at radius 1 is 0.692 bits per heavy atom. The van der Waals surface area contributed by atoms with Crippen LogP contribution in [-0.2, 0) is 22.7 Å². The minimum Gasteiger partial charge on any atom is -0.396 e. The van der Waals surface area contributed by atoms with E-state index < -0.39 is 0 Å². The van der Waals surface area contributed by atoms with Crippen molar-refractivity contribution in [1.82, 2.24) is 28.7 Å². The molecule has 2 amide bonds. The summed E-state index contributed by atoms with van der Waals surface area (Å²) >= 11 is 0. The van der Waals surface area contributed by atoms with Gasteiger partial charge in [0, 0.05) is 101 Å². The summed E-state index contributed by atoms with van der Waals surface area (Å²) in [4.78, 5) is 59.0. The van der Waals surface area contributed by atoms with E-state index in [4.69, 9.17) is 0 Å². The lowest BCUT2D eigenvalue weighted by Crippen LogP contribution is -2.48. The molecule has 4 aliphatic rings. The van der Waals surface area contributed by atoms with Crippen LogP contribution in [-0.4, -0.2) is 117 Å². The normalized spacial score (nSPS) is 27.7. The minimum absolute atomic E-state index is 0.00774. The summed E-state index contributed by atoms with van der Waals surface area (Å²) in [5, 5.41) is 20.2. The molecule has 2 saturated heterocycles. The van der Waals surface area contributed by atoms with Gasteiger partial charge in [-0.05, 0) is 64.0 Å². The summed E-state index contributed by atoms with van der Waals surface area (Å²) < 4.78 is 3.68. The number of likely N-dealkylation sites (N-methyl/N-ethyl adjacent to an activating group) is 2. The second-order valence-electron chi connectivity index (χ2n) is 15.0. The Bertz CT molecular complexity index is 1670. The lowest BCUT2D eigenvalue weighted by Gasteiger charge is -2.32. The van der Waals surface area contributed by atoms with E-state index >= 15 is 0 Å². The molecular weight excluding hydrogens is 660 g/mol. The van der Waals surface area contributed by atoms with Crippen molar-refractivity contribution in [1.29, 1.82) is 0 Å². The zero-order valence-corrected chi connectivity index (χ0v) is 32.1. The van der Waals surface area contributed by atoms with E-state index in [-0.39, 0.29) is 84.0 Å². The Hall–Kier alpha value is -3.84. The van der Waals surface area contributed by atoms with Gasteiger partial charge in [0.05, 0.1) is 24.2 Å². The monoisotopic (exact) mass is 718 g/mol. The van der Waals surface area contributed by atoms with Gasteiger partial charge >= 0.3 is 0 Å². The van der Waals surface area contributed by atoms with E-state index in [9.17, 15) is 29.4 Å². The number of rotatable bonds is 10. The third-order valence-corrected chi connectivity index (χ3v) is 11.5. The topological polar surface area (TPSA) is 132 Å². The number of allylic oxidation sites excluding steroid dienone is 2. The van der Waals surface area contributed by atoms with Gasteiger partial charge in [0.2, 0.25) is 11.8 Å². The largest absolute Gasteiger partial charge is 0.396 e. The second-order valence-corrected chi connectivity index (χ2v) is 15.0. The summed E-state index contributed by atoms with van der Waals surface area (Å²) in [6, 6.07) is 7.13. The quantitative estimate of drug-likeness (QED) is 0.384. The molecule has 4 aliphatic heterocycles. The standard InChI is InChI=1S/2C20H29N3O3/c2*1-5-7-13-8-9-16-17-14(11-23(16)19(13)25)15(12-24)18(20(26)21(3)4)22(17)10-6-2/h2*5,7-9,14-15,17-18,24H,6,10-12H2,1-4H3/b7-5+;7-5-/t2*14-,15-,17+,18-/m00/s1. The molecule has 2 aromatic heterocycles. The van der Waals surface area contributed by atoms with Crippen molar-refractivity contribution in [2.75, 3.05) is 54.5 Å². The van der Waals surface area contributed by atoms with Crippen LogP contribution < -0.4 is 11.1 Å². The van der Waals surface area contributed by atoms with E-state index in [0.717, 1.165) is 37.3 Å². The van der Waals surface area contributed by atoms with Crippen molar-refractivity contribution in [2.45, 2.75) is 77.8 Å². The molecule has 0 unspecified atom stereocenters. The SMILES string of the molecule is C/C=C/c1ccc2n(c1=O)C[C@H]1[C@H](CO)[C@@H](C(=O)N(C)C)N(CCC)[C@@H]21.C/C=C\c1ccc2n(c1=O)C[C@H]1[C@H](CO)[C@@H](C(=O)N(C)C)N(CCC)[C@@H]21. The molecule has 0 bridgehead atoms. The highest BCUT2D eigenvalue weighted by molar-refractivity contribution is 5.83. The van der Waals surface area contributed by atoms with Crippen LogP contribution in [0.5, 0.6) is 0 Å². The first-order valence-electron chi connectivity index (χ1n) is 18.8. The fraction of sp³-hybridized carbons (Fsp3) is 0.600. The number of aliphatic hydroxyl groups is 2. The smallest absolute Gasteiger partial charge is 0.258 e. The number of aliphatic hydroxyl groups excluding tert-OH is 2. The lowest BCUT2D eigenvalue weighted by molar-refractivity contribution is -0.136. The highest BCUT2D eigenvalue weighted by Crippen LogP contribution is 2.50. The van der Waals surface area contributed by atoms with E-state index in [2.05, 4.69) is 23.6 Å². The lowest BCUT2D eigenvalue weighted by atomic mass is 9.88. The first kappa shape index (κ1) is 39.4. The van der Waals surface area contributed by atoms with Gasteiger partial charge in [-0.15, -0.1) is 0 Å². The maximum absolute atomic E-state index is 12.8. The highest BCUT2D eigenvalue weighted by atomic mass is 16.3. The third kappa shape index (κ3) is 6.74. The molecule has 6 rings (SSSR count). The minimum atomic E-state index is -0.330. The van der Waals surface area contributed by atoms with E-state index in [1.54, 1.807) is 38.0 Å². The Morgan fingerprint density at radius 3 is 1.35 bits per heavy atom. The first-order chi connectivity index (χ1) is 24.9. The van der Waals surface area contributed by atoms with Crippen molar-refractivity contribution in [3.8, 4) is 0 Å². The van der Waals surface area contributed by atoms with Crippen molar-refractivity contribution in [3.05, 3.63) is 79.6 Å². The molecule has 8 atom stereocenters. The molecule has 0 radical (unpaired) electrons. The Balaban J connectivity index is 0.000000201. The molecule has 2 N–H and O–H groups in total. The van der Waals surface area contributed by atoms with Gasteiger partial charge in [0.15, 0.2) is 0 Å². The summed E-state index contributed by atoms with van der Waals surface area (Å²) in [7, 11) is 7.04. The van der Waals surface area contributed by atoms with Crippen LogP contribution in [0, 0.1) is 23.7 Å². The number of nitrogens with zero attached hydrogens (tertiary/aromatic N) is 6. The van der Waals surface area contributed by atoms with Gasteiger partial charge < -0.3 is 29.1 Å². The number of hydrogen-bond donors (Lipinski definition) is 2. The van der Waals surface area contributed by atoms with Gasteiger partial charge in [-0.25, -0.2) is 0 Å². The van der Waals surface area contributed by atoms with E-state index in [1.807, 2.05) is 71.6 Å². The number of hydrogen-bond acceptors (Lipinski definition) is 8. The van der Waals surface area contributed by atoms with Crippen LogP contribution in [0.4, 0.5) is 0 Å². The van der Waals surface area contributed by atoms with Gasteiger partial charge in [-0.2, -0.15) is 0 Å². The van der Waals surface area contributed by atoms with Gasteiger partial charge in [-0.1, -0.05) is 38.2 Å². The van der Waals surface area contributed by atoms with Crippen molar-refractivity contribution in [3.63, 3.8) is 0 Å². The fourth-order valence-electron chi connectivity index (χ4n) is 9.38. The molecule has 12 nitrogen and oxygen atoms in total. The number of amides is 2. The van der Waals surface area contributed by atoms with Crippen LogP contribution in [0.15, 0.2) is 46.0 Å². The zero-order chi connectivity index (χ0) is 38.0. The number of pyridine rings is 2. The number of likely N-dealkylation sites (tertiary alicyclic amines) is 2. The molecule has 0 aromatic carbocycles. The molecule has 284 valence electrons. The summed E-state index contributed by atoms with van der Waals surface area (Å²) in [6.45, 7) is 10.6. The molecule has 52 heavy (non-hydrogen) atoms. The highest BCUT2D eigenvalue weighted by Gasteiger charge is 2.56. The average molecular weight is 719 g/mol. The van der Waals surface area contributed by atoms with E-state index in [0.29, 0.717) is 24.2 Å². The molecule has 2 fully saturated rings. The Kier molecular flexibility index (Phi) is 12.5. The Morgan fingerprint density at radius 2 is 1.06 bits per heavy atom. The predicted octanol–water partition coefficient (Wildman–Crippen LogP) is 2.69. The third-order valence-electron chi connectivity index (χ3n) is 11.5. The summed E-state index contributed by atoms with van der Waals surface area (Å²) in [5.74, 6) is -0.0995. The van der Waals surface area contributed by atoms with Crippen LogP contribution in [0.2, 0.25) is 0 Å². The maximum Gasteiger partial charge on any atom is 0.258 e. The molecule has 0 spiro atoms. The van der Waals surface area contributed by atoms with Crippen molar-refractivity contribution in [2.24, 2.45) is 23.7 Å². The zero-order valence-electron chi connectivity index (χ0n) is 32.1. The second kappa shape index (κ2) is 16.4. The number of carbonyl (C=O) groups excluding carboxylic acids is 2. The summed E-state index contributed by atoms with van der Waals surface area (Å²) in [6.07, 6.45) is 9.22. The van der Waals surface area contributed by atoms with Gasteiger partial charge in [0.25, 0.3) is 11.1 Å². The molecule has 2 aromatic rings.